The van der Waals surface area contributed by atoms with Crippen LogP contribution >= 0.6 is 0 Å². The van der Waals surface area contributed by atoms with E-state index in [0.29, 0.717) is 5.92 Å². The second-order valence-electron chi connectivity index (χ2n) is 6.03. The Morgan fingerprint density at radius 2 is 1.29 bits per heavy atom. The number of aryl methyl sites for hydroxylation is 2. The van der Waals surface area contributed by atoms with Crippen LogP contribution in [0.25, 0.3) is 0 Å². The molecular weight excluding hydrogens is 254 g/mol. The molecule has 0 saturated carbocycles. The highest BCUT2D eigenvalue weighted by Gasteiger charge is 2.11. The summed E-state index contributed by atoms with van der Waals surface area (Å²) < 4.78 is 0. The maximum absolute atomic E-state index is 6.46. The van der Waals surface area contributed by atoms with Crippen molar-refractivity contribution in [3.8, 4) is 0 Å². The summed E-state index contributed by atoms with van der Waals surface area (Å²) in [5.74, 6) is 0.561. The first-order chi connectivity index (χ1) is 10.1. The molecule has 2 aromatic carbocycles. The van der Waals surface area contributed by atoms with Gasteiger partial charge in [0.2, 0.25) is 0 Å². The third kappa shape index (κ3) is 3.54. The molecule has 2 N–H and O–H groups in total. The number of hydrogen-bond donors (Lipinski definition) is 1. The Labute approximate surface area is 129 Å². The van der Waals surface area contributed by atoms with E-state index in [1.54, 1.807) is 0 Å². The SMILES string of the molecule is CCc1ccc(C(N)c2ccc(C(C)C)cc2)cc1CC. The molecular formula is C20H27N. The highest BCUT2D eigenvalue weighted by molar-refractivity contribution is 5.39. The van der Waals surface area contributed by atoms with Gasteiger partial charge in [-0.25, -0.2) is 0 Å². The summed E-state index contributed by atoms with van der Waals surface area (Å²) in [5.41, 5.74) is 13.1. The molecule has 21 heavy (non-hydrogen) atoms. The quantitative estimate of drug-likeness (QED) is 0.821. The number of rotatable bonds is 5. The number of benzene rings is 2. The van der Waals surface area contributed by atoms with Gasteiger partial charge in [0, 0.05) is 0 Å². The Hall–Kier alpha value is -1.60. The molecule has 0 aromatic heterocycles. The Kier molecular flexibility index (Phi) is 5.19. The van der Waals surface area contributed by atoms with Crippen molar-refractivity contribution in [1.82, 2.24) is 0 Å². The van der Waals surface area contributed by atoms with Crippen molar-refractivity contribution in [2.75, 3.05) is 0 Å². The van der Waals surface area contributed by atoms with E-state index in [0.717, 1.165) is 12.8 Å². The summed E-state index contributed by atoms with van der Waals surface area (Å²) >= 11 is 0. The molecule has 1 nitrogen and oxygen atoms in total. The zero-order chi connectivity index (χ0) is 15.4. The zero-order valence-corrected chi connectivity index (χ0v) is 13.7. The van der Waals surface area contributed by atoms with E-state index in [-0.39, 0.29) is 6.04 Å². The van der Waals surface area contributed by atoms with Crippen LogP contribution in [0.4, 0.5) is 0 Å². The van der Waals surface area contributed by atoms with Gasteiger partial charge in [-0.2, -0.15) is 0 Å². The van der Waals surface area contributed by atoms with Crippen LogP contribution in [0.5, 0.6) is 0 Å². The number of hydrogen-bond acceptors (Lipinski definition) is 1. The topological polar surface area (TPSA) is 26.0 Å². The summed E-state index contributed by atoms with van der Waals surface area (Å²) in [7, 11) is 0. The zero-order valence-electron chi connectivity index (χ0n) is 13.7. The molecule has 0 aliphatic heterocycles. The molecule has 1 unspecified atom stereocenters. The molecule has 0 bridgehead atoms. The Bertz CT molecular complexity index is 581. The molecule has 0 heterocycles. The summed E-state index contributed by atoms with van der Waals surface area (Å²) in [4.78, 5) is 0. The average molecular weight is 281 g/mol. The summed E-state index contributed by atoms with van der Waals surface area (Å²) in [5, 5.41) is 0. The molecule has 112 valence electrons. The molecule has 0 amide bonds. The lowest BCUT2D eigenvalue weighted by atomic mass is 9.92. The lowest BCUT2D eigenvalue weighted by molar-refractivity contribution is 0.844. The minimum atomic E-state index is -0.0394. The fourth-order valence-electron chi connectivity index (χ4n) is 2.79. The molecule has 1 atom stereocenters. The third-order valence-electron chi connectivity index (χ3n) is 4.31. The molecule has 0 fully saturated rings. The maximum atomic E-state index is 6.46. The molecule has 0 saturated heterocycles. The molecule has 0 radical (unpaired) electrons. The molecule has 2 aromatic rings. The van der Waals surface area contributed by atoms with Gasteiger partial charge < -0.3 is 5.73 Å². The highest BCUT2D eigenvalue weighted by atomic mass is 14.6. The Morgan fingerprint density at radius 1 is 0.762 bits per heavy atom. The van der Waals surface area contributed by atoms with Gasteiger partial charge in [-0.05, 0) is 46.6 Å². The van der Waals surface area contributed by atoms with Crippen LogP contribution in [0.1, 0.15) is 67.5 Å². The van der Waals surface area contributed by atoms with E-state index in [2.05, 4.69) is 70.2 Å². The maximum Gasteiger partial charge on any atom is 0.0551 e. The van der Waals surface area contributed by atoms with Gasteiger partial charge >= 0.3 is 0 Å². The van der Waals surface area contributed by atoms with Crippen molar-refractivity contribution in [2.45, 2.75) is 52.5 Å². The van der Waals surface area contributed by atoms with Crippen LogP contribution in [-0.2, 0) is 12.8 Å². The average Bonchev–Trinajstić information content (AvgIpc) is 2.53. The first kappa shape index (κ1) is 15.8. The van der Waals surface area contributed by atoms with E-state index < -0.39 is 0 Å². The molecule has 0 spiro atoms. The van der Waals surface area contributed by atoms with Crippen LogP contribution in [0.3, 0.4) is 0 Å². The second kappa shape index (κ2) is 6.91. The monoisotopic (exact) mass is 281 g/mol. The third-order valence-corrected chi connectivity index (χ3v) is 4.31. The van der Waals surface area contributed by atoms with Crippen molar-refractivity contribution in [3.05, 3.63) is 70.3 Å². The van der Waals surface area contributed by atoms with Gasteiger partial charge in [-0.1, -0.05) is 70.2 Å². The van der Waals surface area contributed by atoms with E-state index in [1.807, 2.05) is 0 Å². The van der Waals surface area contributed by atoms with Crippen LogP contribution in [0.2, 0.25) is 0 Å². The van der Waals surface area contributed by atoms with Gasteiger partial charge in [0.25, 0.3) is 0 Å². The van der Waals surface area contributed by atoms with Crippen LogP contribution < -0.4 is 5.73 Å². The van der Waals surface area contributed by atoms with Crippen molar-refractivity contribution >= 4 is 0 Å². The minimum absolute atomic E-state index is 0.0394. The fourth-order valence-corrected chi connectivity index (χ4v) is 2.79. The first-order valence-corrected chi connectivity index (χ1v) is 8.03. The lowest BCUT2D eigenvalue weighted by Crippen LogP contribution is -2.12. The lowest BCUT2D eigenvalue weighted by Gasteiger charge is -2.16. The smallest absolute Gasteiger partial charge is 0.0551 e. The van der Waals surface area contributed by atoms with E-state index in [1.165, 1.54) is 27.8 Å². The molecule has 2 rings (SSSR count). The van der Waals surface area contributed by atoms with Crippen LogP contribution in [0.15, 0.2) is 42.5 Å². The second-order valence-corrected chi connectivity index (χ2v) is 6.03. The van der Waals surface area contributed by atoms with E-state index >= 15 is 0 Å². The van der Waals surface area contributed by atoms with Gasteiger partial charge in [0.15, 0.2) is 0 Å². The largest absolute Gasteiger partial charge is 0.320 e. The van der Waals surface area contributed by atoms with Gasteiger partial charge in [-0.3, -0.25) is 0 Å². The van der Waals surface area contributed by atoms with Crippen molar-refractivity contribution < 1.29 is 0 Å². The molecule has 0 aliphatic rings. The normalized spacial score (nSPS) is 12.7. The van der Waals surface area contributed by atoms with Crippen LogP contribution in [-0.4, -0.2) is 0 Å². The number of nitrogens with two attached hydrogens (primary N) is 1. The highest BCUT2D eigenvalue weighted by Crippen LogP contribution is 2.24. The van der Waals surface area contributed by atoms with Crippen molar-refractivity contribution in [2.24, 2.45) is 5.73 Å². The molecule has 1 heteroatoms. The summed E-state index contributed by atoms with van der Waals surface area (Å²) in [6.45, 7) is 8.85. The predicted octanol–water partition coefficient (Wildman–Crippen LogP) is 4.98. The molecule has 0 aliphatic carbocycles. The van der Waals surface area contributed by atoms with Crippen LogP contribution in [0, 0.1) is 0 Å². The fraction of sp³-hybridized carbons (Fsp3) is 0.400. The van der Waals surface area contributed by atoms with Gasteiger partial charge in [0.1, 0.15) is 0 Å². The standard InChI is InChI=1S/C20H27N/c1-5-15-7-12-19(13-16(15)6-2)20(21)18-10-8-17(9-11-18)14(3)4/h7-14,20H,5-6,21H2,1-4H3. The summed E-state index contributed by atoms with van der Waals surface area (Å²) in [6.07, 6.45) is 2.15. The first-order valence-electron chi connectivity index (χ1n) is 8.03. The van der Waals surface area contributed by atoms with Crippen molar-refractivity contribution in [3.63, 3.8) is 0 Å². The summed E-state index contributed by atoms with van der Waals surface area (Å²) in [6, 6.07) is 15.4. The van der Waals surface area contributed by atoms with E-state index in [4.69, 9.17) is 5.73 Å². The Morgan fingerprint density at radius 3 is 1.81 bits per heavy atom. The van der Waals surface area contributed by atoms with Crippen molar-refractivity contribution in [1.29, 1.82) is 0 Å². The Balaban J connectivity index is 2.28. The predicted molar refractivity (Wildman–Crippen MR) is 91.8 cm³/mol. The minimum Gasteiger partial charge on any atom is -0.320 e. The van der Waals surface area contributed by atoms with E-state index in [9.17, 15) is 0 Å². The van der Waals surface area contributed by atoms with Gasteiger partial charge in [0.05, 0.1) is 6.04 Å². The van der Waals surface area contributed by atoms with Gasteiger partial charge in [-0.15, -0.1) is 0 Å².